The third kappa shape index (κ3) is 3.97. The number of amides is 3. The molecule has 0 radical (unpaired) electrons. The molecule has 3 atom stereocenters. The van der Waals surface area contributed by atoms with Gasteiger partial charge in [0.15, 0.2) is 16.9 Å². The molecular weight excluding hydrogens is 478 g/mol. The largest absolute Gasteiger partial charge is 0.477 e. The summed E-state index contributed by atoms with van der Waals surface area (Å²) in [4.78, 5) is 63.9. The van der Waals surface area contributed by atoms with Crippen molar-refractivity contribution in [1.29, 1.82) is 0 Å². The number of anilines is 1. The van der Waals surface area contributed by atoms with Gasteiger partial charge in [-0.05, 0) is 0 Å². The molecule has 3 amide bonds. The highest BCUT2D eigenvalue weighted by atomic mass is 32.2. The summed E-state index contributed by atoms with van der Waals surface area (Å²) in [5.41, 5.74) is 10.8. The Morgan fingerprint density at radius 2 is 2.18 bits per heavy atom. The number of carbonyl (C=O) groups excluding carboxylic acids is 3. The number of nitrogens with zero attached hydrogens (tertiary/aromatic N) is 4. The topological polar surface area (TPSA) is 212 Å². The quantitative estimate of drug-likeness (QED) is 0.194. The maximum atomic E-state index is 12.9. The number of rotatable bonds is 7. The van der Waals surface area contributed by atoms with Crippen LogP contribution in [0.1, 0.15) is 12.1 Å². The van der Waals surface area contributed by atoms with Crippen LogP contribution in [0.5, 0.6) is 0 Å². The van der Waals surface area contributed by atoms with Gasteiger partial charge in [0.1, 0.15) is 35.6 Å². The van der Waals surface area contributed by atoms with Crippen LogP contribution in [0.3, 0.4) is 0 Å². The smallest absolute Gasteiger partial charge is 0.352 e. The number of carboxylic acids is 1. The van der Waals surface area contributed by atoms with E-state index in [2.05, 4.69) is 20.6 Å². The van der Waals surface area contributed by atoms with Crippen LogP contribution in [-0.4, -0.2) is 80.5 Å². The number of hydrogen-bond acceptors (Lipinski definition) is 12. The van der Waals surface area contributed by atoms with E-state index in [1.807, 2.05) is 0 Å². The number of nitrogens with one attached hydrogen (secondary N) is 1. The summed E-state index contributed by atoms with van der Waals surface area (Å²) in [6.07, 6.45) is -0.827. The number of hydrogen-bond donors (Lipinski definition) is 4. The van der Waals surface area contributed by atoms with Gasteiger partial charge in [-0.1, -0.05) is 10.3 Å². The van der Waals surface area contributed by atoms with Gasteiger partial charge in [-0.2, -0.15) is 0 Å². The fourth-order valence-electron chi connectivity index (χ4n) is 3.50. The lowest BCUT2D eigenvalue weighted by Crippen LogP contribution is -2.71. The Labute approximate surface area is 193 Å². The summed E-state index contributed by atoms with van der Waals surface area (Å²) in [5.74, 6) is -3.29. The second-order valence-electron chi connectivity index (χ2n) is 6.93. The van der Waals surface area contributed by atoms with Gasteiger partial charge in [0.2, 0.25) is 0 Å². The summed E-state index contributed by atoms with van der Waals surface area (Å²) in [6, 6.07) is -1.00. The molecule has 3 aliphatic heterocycles. The number of β-lactam (4-membered cyclic amide) rings is 1. The van der Waals surface area contributed by atoms with Gasteiger partial charge >= 0.3 is 5.97 Å². The molecule has 0 aliphatic carbocycles. The maximum Gasteiger partial charge on any atom is 0.352 e. The van der Waals surface area contributed by atoms with Crippen LogP contribution >= 0.6 is 23.1 Å². The van der Waals surface area contributed by atoms with E-state index < -0.39 is 41.2 Å². The summed E-state index contributed by atoms with van der Waals surface area (Å²) < 4.78 is 0. The predicted octanol–water partition coefficient (Wildman–Crippen LogP) is -1.56. The number of aromatic nitrogens is 1. The standard InChI is InChI=1S/C17H17N7O7S2/c1-30-23-9(7-4-33-17(19)20-7)13(26)21-10-14(27)24-11(16(28)29)5(3-32-15(10)24)8-2-6(12(18)25)22-31-8/h4,8,10,15H,2-3H2,1H3,(H2,18,25)(H2,19,20)(H,21,26)(H,28,29)/b23-9-/t8-,10?,15?/m1/s1. The first-order valence-corrected chi connectivity index (χ1v) is 11.2. The number of primary amides is 1. The molecule has 2 unspecified atom stereocenters. The molecule has 0 saturated carbocycles. The minimum Gasteiger partial charge on any atom is -0.477 e. The molecule has 174 valence electrons. The maximum absolute atomic E-state index is 12.9. The molecule has 14 nitrogen and oxygen atoms in total. The highest BCUT2D eigenvalue weighted by Gasteiger charge is 2.55. The van der Waals surface area contributed by atoms with Crippen molar-refractivity contribution in [2.45, 2.75) is 23.9 Å². The zero-order valence-electron chi connectivity index (χ0n) is 16.9. The number of thiazole rings is 1. The fourth-order valence-corrected chi connectivity index (χ4v) is 5.46. The van der Waals surface area contributed by atoms with Gasteiger partial charge in [-0.3, -0.25) is 19.3 Å². The normalized spacial score (nSPS) is 24.5. The minimum absolute atomic E-state index is 0.00246. The van der Waals surface area contributed by atoms with Crippen LogP contribution in [-0.2, 0) is 28.9 Å². The number of nitrogen functional groups attached to an aromatic ring is 1. The molecule has 0 spiro atoms. The van der Waals surface area contributed by atoms with E-state index in [-0.39, 0.29) is 40.1 Å². The highest BCUT2D eigenvalue weighted by molar-refractivity contribution is 8.00. The van der Waals surface area contributed by atoms with Crippen LogP contribution in [0.15, 0.2) is 27.0 Å². The molecule has 3 aliphatic rings. The van der Waals surface area contributed by atoms with E-state index in [0.717, 1.165) is 16.2 Å². The molecule has 4 rings (SSSR count). The average molecular weight is 495 g/mol. The zero-order chi connectivity index (χ0) is 23.9. The number of aliphatic carboxylic acids is 1. The van der Waals surface area contributed by atoms with Crippen molar-refractivity contribution < 1.29 is 34.0 Å². The van der Waals surface area contributed by atoms with Crippen molar-refractivity contribution in [1.82, 2.24) is 15.2 Å². The summed E-state index contributed by atoms with van der Waals surface area (Å²) >= 11 is 2.34. The lowest BCUT2D eigenvalue weighted by molar-refractivity contribution is -0.150. The van der Waals surface area contributed by atoms with Crippen molar-refractivity contribution in [3.63, 3.8) is 0 Å². The number of nitrogens with two attached hydrogens (primary N) is 2. The van der Waals surface area contributed by atoms with E-state index >= 15 is 0 Å². The van der Waals surface area contributed by atoms with E-state index in [1.54, 1.807) is 0 Å². The number of carboxylic acid groups (broad SMARTS) is 1. The Hall–Kier alpha value is -3.66. The molecule has 1 aromatic rings. The van der Waals surface area contributed by atoms with Gasteiger partial charge in [-0.25, -0.2) is 9.78 Å². The molecule has 1 aromatic heterocycles. The first-order valence-electron chi connectivity index (χ1n) is 9.29. The van der Waals surface area contributed by atoms with Gasteiger partial charge in [0.05, 0.1) is 0 Å². The molecule has 16 heteroatoms. The van der Waals surface area contributed by atoms with Crippen molar-refractivity contribution in [2.75, 3.05) is 18.6 Å². The van der Waals surface area contributed by atoms with Crippen molar-refractivity contribution >= 4 is 63.3 Å². The van der Waals surface area contributed by atoms with Crippen LogP contribution in [0.25, 0.3) is 0 Å². The van der Waals surface area contributed by atoms with E-state index in [0.29, 0.717) is 5.57 Å². The monoisotopic (exact) mass is 495 g/mol. The molecule has 1 fully saturated rings. The lowest BCUT2D eigenvalue weighted by atomic mass is 9.98. The molecule has 4 heterocycles. The predicted molar refractivity (Wildman–Crippen MR) is 116 cm³/mol. The Kier molecular flexibility index (Phi) is 5.94. The Morgan fingerprint density at radius 3 is 2.76 bits per heavy atom. The summed E-state index contributed by atoms with van der Waals surface area (Å²) in [5, 5.41) is 20.7. The van der Waals surface area contributed by atoms with Gasteiger partial charge in [0.25, 0.3) is 17.7 Å². The SMILES string of the molecule is CO/N=C(\C(=O)NC1C(=O)N2C(C(=O)O)=C([C@H]3CC(C(N)=O)=NO3)CSC12)c1csc(N)n1. The van der Waals surface area contributed by atoms with E-state index in [1.165, 1.54) is 24.3 Å². The third-order valence-corrected chi connectivity index (χ3v) is 6.97. The Balaban J connectivity index is 1.53. The van der Waals surface area contributed by atoms with E-state index in [4.69, 9.17) is 21.1 Å². The Morgan fingerprint density at radius 1 is 1.42 bits per heavy atom. The second kappa shape index (κ2) is 8.70. The number of carbonyl (C=O) groups is 4. The molecule has 6 N–H and O–H groups in total. The van der Waals surface area contributed by atoms with Gasteiger partial charge in [0, 0.05) is 23.1 Å². The van der Waals surface area contributed by atoms with E-state index in [9.17, 15) is 24.3 Å². The zero-order valence-corrected chi connectivity index (χ0v) is 18.5. The van der Waals surface area contributed by atoms with Crippen molar-refractivity contribution in [3.05, 3.63) is 22.3 Å². The molecule has 0 bridgehead atoms. The number of fused-ring (bicyclic) bond motifs is 1. The first-order chi connectivity index (χ1) is 15.7. The third-order valence-electron chi connectivity index (χ3n) is 4.99. The van der Waals surface area contributed by atoms with Crippen molar-refractivity contribution in [3.8, 4) is 0 Å². The van der Waals surface area contributed by atoms with Gasteiger partial charge in [-0.15, -0.1) is 23.1 Å². The summed E-state index contributed by atoms with van der Waals surface area (Å²) in [6.45, 7) is 0. The molecule has 0 aromatic carbocycles. The second-order valence-corrected chi connectivity index (χ2v) is 8.93. The Bertz CT molecular complexity index is 1140. The molecule has 1 saturated heterocycles. The van der Waals surface area contributed by atoms with Crippen LogP contribution in [0.2, 0.25) is 0 Å². The van der Waals surface area contributed by atoms with Gasteiger partial charge < -0.3 is 31.6 Å². The van der Waals surface area contributed by atoms with Crippen molar-refractivity contribution in [2.24, 2.45) is 16.0 Å². The fraction of sp³-hybridized carbons (Fsp3) is 0.353. The summed E-state index contributed by atoms with van der Waals surface area (Å²) in [7, 11) is 1.25. The minimum atomic E-state index is -1.34. The average Bonchev–Trinajstić information content (AvgIpc) is 3.43. The molecule has 33 heavy (non-hydrogen) atoms. The highest BCUT2D eigenvalue weighted by Crippen LogP contribution is 2.42. The lowest BCUT2D eigenvalue weighted by Gasteiger charge is -2.49. The molecular formula is C17H17N7O7S2. The first kappa shape index (κ1) is 22.5. The number of thioether (sulfide) groups is 1. The van der Waals surface area contributed by atoms with Crippen LogP contribution in [0.4, 0.5) is 5.13 Å². The van der Waals surface area contributed by atoms with Crippen LogP contribution in [0, 0.1) is 0 Å². The van der Waals surface area contributed by atoms with Crippen LogP contribution < -0.4 is 16.8 Å². The number of oxime groups is 2.